The van der Waals surface area contributed by atoms with Crippen molar-refractivity contribution >= 4 is 17.2 Å². The molecule has 1 atom stereocenters. The Hall–Kier alpha value is -1.65. The maximum absolute atomic E-state index is 11.1. The molecule has 1 aromatic carbocycles. The van der Waals surface area contributed by atoms with Gasteiger partial charge in [-0.3, -0.25) is 4.79 Å². The fourth-order valence-electron chi connectivity index (χ4n) is 2.45. The molecule has 0 saturated carbocycles. The van der Waals surface area contributed by atoms with Crippen molar-refractivity contribution in [2.24, 2.45) is 11.7 Å². The third-order valence-electron chi connectivity index (χ3n) is 3.39. The Morgan fingerprint density at radius 1 is 1.24 bits per heavy atom. The first-order valence-electron chi connectivity index (χ1n) is 7.30. The number of thiophene rings is 1. The molecule has 4 heteroatoms. The van der Waals surface area contributed by atoms with Gasteiger partial charge in [-0.2, -0.15) is 0 Å². The molecule has 112 valence electrons. The normalized spacial score (nSPS) is 12.5. The van der Waals surface area contributed by atoms with Gasteiger partial charge >= 0.3 is 0 Å². The Balaban J connectivity index is 2.18. The van der Waals surface area contributed by atoms with Gasteiger partial charge < -0.3 is 11.1 Å². The smallest absolute Gasteiger partial charge is 0.272 e. The predicted molar refractivity (Wildman–Crippen MR) is 87.1 cm³/mol. The molecule has 4 N–H and O–H groups in total. The van der Waals surface area contributed by atoms with Gasteiger partial charge in [-0.1, -0.05) is 44.2 Å². The van der Waals surface area contributed by atoms with E-state index in [1.165, 1.54) is 16.0 Å². The van der Waals surface area contributed by atoms with E-state index in [9.17, 15) is 4.79 Å². The van der Waals surface area contributed by atoms with Gasteiger partial charge in [-0.05, 0) is 29.3 Å². The van der Waals surface area contributed by atoms with Crippen LogP contribution in [0.5, 0.6) is 0 Å². The molecule has 3 nitrogen and oxygen atoms in total. The van der Waals surface area contributed by atoms with Crippen molar-refractivity contribution in [3.05, 3.63) is 57.8 Å². The number of carbonyl (C=O) groups excluding carboxylic acids is 1. The van der Waals surface area contributed by atoms with E-state index in [0.717, 1.165) is 6.42 Å². The minimum Gasteiger partial charge on any atom is -0.365 e. The zero-order valence-electron chi connectivity index (χ0n) is 12.6. The van der Waals surface area contributed by atoms with Crippen LogP contribution in [-0.2, 0) is 11.2 Å². The number of quaternary nitrogens is 1. The lowest BCUT2D eigenvalue weighted by molar-refractivity contribution is -0.676. The van der Waals surface area contributed by atoms with E-state index in [-0.39, 0.29) is 11.9 Å². The highest BCUT2D eigenvalue weighted by molar-refractivity contribution is 7.10. The second kappa shape index (κ2) is 7.38. The Bertz CT molecular complexity index is 561. The third kappa shape index (κ3) is 4.69. The number of nitrogens with two attached hydrogens (primary N) is 2. The molecule has 0 fully saturated rings. The standard InChI is InChI=1S/C17H22N2OS/c1-12(2)10-13-5-7-14(8-6-13)17(19-11-16(18)20)15-4-3-9-21-15/h3-9,12,17,19H,10-11H2,1-2H3,(H2,18,20)/p+1/t17-/m0/s1. The van der Waals surface area contributed by atoms with Crippen molar-refractivity contribution in [2.45, 2.75) is 26.3 Å². The lowest BCUT2D eigenvalue weighted by atomic mass is 9.99. The highest BCUT2D eigenvalue weighted by atomic mass is 32.1. The van der Waals surface area contributed by atoms with Crippen LogP contribution in [0.25, 0.3) is 0 Å². The molecule has 1 heterocycles. The molecule has 0 bridgehead atoms. The summed E-state index contributed by atoms with van der Waals surface area (Å²) in [5, 5.41) is 4.07. The van der Waals surface area contributed by atoms with Crippen LogP contribution in [0.2, 0.25) is 0 Å². The van der Waals surface area contributed by atoms with Gasteiger partial charge in [0.05, 0.1) is 4.88 Å². The van der Waals surface area contributed by atoms with E-state index in [0.29, 0.717) is 12.5 Å². The molecule has 0 spiro atoms. The molecule has 2 aromatic rings. The van der Waals surface area contributed by atoms with Crippen LogP contribution in [0.4, 0.5) is 0 Å². The van der Waals surface area contributed by atoms with Crippen LogP contribution in [0.3, 0.4) is 0 Å². The number of hydrogen-bond acceptors (Lipinski definition) is 2. The van der Waals surface area contributed by atoms with Gasteiger partial charge in [0.2, 0.25) is 0 Å². The van der Waals surface area contributed by atoms with Crippen molar-refractivity contribution in [1.82, 2.24) is 0 Å². The molecule has 0 unspecified atom stereocenters. The first-order chi connectivity index (χ1) is 10.1. The van der Waals surface area contributed by atoms with E-state index >= 15 is 0 Å². The van der Waals surface area contributed by atoms with Crippen molar-refractivity contribution in [1.29, 1.82) is 0 Å². The quantitative estimate of drug-likeness (QED) is 0.808. The molecule has 2 rings (SSSR count). The second-order valence-corrected chi connectivity index (χ2v) is 6.72. The highest BCUT2D eigenvalue weighted by Crippen LogP contribution is 2.23. The number of rotatable bonds is 7. The molecular formula is C17H23N2OS+. The van der Waals surface area contributed by atoms with Crippen molar-refractivity contribution < 1.29 is 10.1 Å². The molecule has 0 radical (unpaired) electrons. The van der Waals surface area contributed by atoms with Crippen LogP contribution in [-0.4, -0.2) is 12.5 Å². The summed E-state index contributed by atoms with van der Waals surface area (Å²) in [6, 6.07) is 13.0. The molecule has 1 amide bonds. The SMILES string of the molecule is CC(C)Cc1ccc([C@H]([NH2+]CC(N)=O)c2cccs2)cc1. The van der Waals surface area contributed by atoms with E-state index in [4.69, 9.17) is 5.73 Å². The van der Waals surface area contributed by atoms with E-state index in [1.54, 1.807) is 11.3 Å². The van der Waals surface area contributed by atoms with Crippen molar-refractivity contribution in [2.75, 3.05) is 6.54 Å². The Morgan fingerprint density at radius 2 is 1.95 bits per heavy atom. The lowest BCUT2D eigenvalue weighted by Crippen LogP contribution is -2.87. The van der Waals surface area contributed by atoms with Crippen LogP contribution >= 0.6 is 11.3 Å². The van der Waals surface area contributed by atoms with Crippen LogP contribution in [0.15, 0.2) is 41.8 Å². The Morgan fingerprint density at radius 3 is 2.48 bits per heavy atom. The number of amides is 1. The van der Waals surface area contributed by atoms with E-state index < -0.39 is 0 Å². The largest absolute Gasteiger partial charge is 0.365 e. The number of carbonyl (C=O) groups is 1. The summed E-state index contributed by atoms with van der Waals surface area (Å²) in [5.74, 6) is 0.373. The molecule has 0 aliphatic heterocycles. The summed E-state index contributed by atoms with van der Waals surface area (Å²) < 4.78 is 0. The molecular weight excluding hydrogens is 280 g/mol. The first-order valence-corrected chi connectivity index (χ1v) is 8.18. The minimum atomic E-state index is -0.284. The van der Waals surface area contributed by atoms with Crippen LogP contribution < -0.4 is 11.1 Å². The minimum absolute atomic E-state index is 0.144. The fraction of sp³-hybridized carbons (Fsp3) is 0.353. The summed E-state index contributed by atoms with van der Waals surface area (Å²) >= 11 is 1.71. The van der Waals surface area contributed by atoms with Gasteiger partial charge in [-0.15, -0.1) is 11.3 Å². The maximum Gasteiger partial charge on any atom is 0.272 e. The summed E-state index contributed by atoms with van der Waals surface area (Å²) in [6.45, 7) is 4.75. The zero-order valence-corrected chi connectivity index (χ0v) is 13.4. The molecule has 1 aromatic heterocycles. The molecule has 0 saturated heterocycles. The van der Waals surface area contributed by atoms with Gasteiger partial charge in [-0.25, -0.2) is 0 Å². The fourth-order valence-corrected chi connectivity index (χ4v) is 3.30. The van der Waals surface area contributed by atoms with Gasteiger partial charge in [0.15, 0.2) is 6.54 Å². The molecule has 0 aliphatic carbocycles. The van der Waals surface area contributed by atoms with Gasteiger partial charge in [0, 0.05) is 5.56 Å². The summed E-state index contributed by atoms with van der Waals surface area (Å²) in [4.78, 5) is 12.3. The van der Waals surface area contributed by atoms with Gasteiger partial charge in [0.25, 0.3) is 5.91 Å². The van der Waals surface area contributed by atoms with Gasteiger partial charge in [0.1, 0.15) is 6.04 Å². The average molecular weight is 303 g/mol. The third-order valence-corrected chi connectivity index (χ3v) is 4.34. The zero-order chi connectivity index (χ0) is 15.2. The molecule has 21 heavy (non-hydrogen) atoms. The summed E-state index contributed by atoms with van der Waals surface area (Å²) in [6.07, 6.45) is 1.09. The summed E-state index contributed by atoms with van der Waals surface area (Å²) in [7, 11) is 0. The lowest BCUT2D eigenvalue weighted by Gasteiger charge is -2.15. The first kappa shape index (κ1) is 15.7. The maximum atomic E-state index is 11.1. The Labute approximate surface area is 130 Å². The second-order valence-electron chi connectivity index (χ2n) is 5.74. The van der Waals surface area contributed by atoms with Crippen LogP contribution in [0, 0.1) is 5.92 Å². The molecule has 0 aliphatic rings. The predicted octanol–water partition coefficient (Wildman–Crippen LogP) is 2.08. The average Bonchev–Trinajstić information content (AvgIpc) is 2.94. The Kier molecular flexibility index (Phi) is 5.53. The van der Waals surface area contributed by atoms with Crippen LogP contribution in [0.1, 0.15) is 35.9 Å². The topological polar surface area (TPSA) is 59.7 Å². The number of hydrogen-bond donors (Lipinski definition) is 2. The van der Waals surface area contributed by atoms with Crippen molar-refractivity contribution in [3.8, 4) is 0 Å². The van der Waals surface area contributed by atoms with Crippen molar-refractivity contribution in [3.63, 3.8) is 0 Å². The van der Waals surface area contributed by atoms with E-state index in [2.05, 4.69) is 49.6 Å². The number of primary amides is 1. The number of benzene rings is 1. The van der Waals surface area contributed by atoms with E-state index in [1.807, 2.05) is 11.4 Å². The summed E-state index contributed by atoms with van der Waals surface area (Å²) in [5.41, 5.74) is 7.85. The highest BCUT2D eigenvalue weighted by Gasteiger charge is 2.19. The monoisotopic (exact) mass is 303 g/mol.